The summed E-state index contributed by atoms with van der Waals surface area (Å²) in [7, 11) is 1.44. The van der Waals surface area contributed by atoms with Crippen LogP contribution < -0.4 is 5.32 Å². The Labute approximate surface area is 123 Å². The van der Waals surface area contributed by atoms with Crippen LogP contribution in [0.5, 0.6) is 0 Å². The van der Waals surface area contributed by atoms with Gasteiger partial charge in [-0.25, -0.2) is 0 Å². The van der Waals surface area contributed by atoms with E-state index in [2.05, 4.69) is 19.2 Å². The smallest absolute Gasteiger partial charge is 0.322 e. The summed E-state index contributed by atoms with van der Waals surface area (Å²) in [5.74, 6) is 0.639. The highest BCUT2D eigenvalue weighted by molar-refractivity contribution is 5.75. The fraction of sp³-hybridized carbons (Fsp3) is 0.938. The van der Waals surface area contributed by atoms with Gasteiger partial charge in [-0.05, 0) is 38.1 Å². The molecule has 0 saturated heterocycles. The van der Waals surface area contributed by atoms with Crippen LogP contribution in [0, 0.1) is 5.92 Å². The standard InChI is InChI=1S/C16H31NO3/c1-4-10-17-15(16(18)19-3)9-11-20-14-8-6-7-13(5-2)12-14/h13-15,17H,4-12H2,1-3H3. The SMILES string of the molecule is CCCNC(CCOC1CCCC(CC)C1)C(=O)OC. The summed E-state index contributed by atoms with van der Waals surface area (Å²) < 4.78 is 10.8. The van der Waals surface area contributed by atoms with Gasteiger partial charge in [0, 0.05) is 6.61 Å². The Bertz CT molecular complexity index is 270. The quantitative estimate of drug-likeness (QED) is 0.662. The molecule has 0 bridgehead atoms. The zero-order valence-electron chi connectivity index (χ0n) is 13.3. The molecule has 4 nitrogen and oxygen atoms in total. The molecule has 1 N–H and O–H groups in total. The van der Waals surface area contributed by atoms with Crippen LogP contribution in [-0.2, 0) is 14.3 Å². The van der Waals surface area contributed by atoms with Gasteiger partial charge in [-0.2, -0.15) is 0 Å². The van der Waals surface area contributed by atoms with Gasteiger partial charge in [0.15, 0.2) is 0 Å². The first kappa shape index (κ1) is 17.4. The van der Waals surface area contributed by atoms with E-state index in [0.717, 1.165) is 18.9 Å². The Morgan fingerprint density at radius 3 is 2.80 bits per heavy atom. The number of carbonyl (C=O) groups is 1. The number of nitrogens with one attached hydrogen (secondary N) is 1. The first-order valence-electron chi connectivity index (χ1n) is 8.14. The van der Waals surface area contributed by atoms with Crippen LogP contribution in [-0.4, -0.2) is 38.4 Å². The normalized spacial score (nSPS) is 24.4. The molecule has 0 heterocycles. The minimum Gasteiger partial charge on any atom is -0.468 e. The van der Waals surface area contributed by atoms with Crippen LogP contribution in [0.15, 0.2) is 0 Å². The first-order chi connectivity index (χ1) is 9.71. The van der Waals surface area contributed by atoms with Crippen molar-refractivity contribution in [3.63, 3.8) is 0 Å². The average Bonchev–Trinajstić information content (AvgIpc) is 2.50. The molecule has 1 aliphatic rings. The van der Waals surface area contributed by atoms with Gasteiger partial charge in [0.25, 0.3) is 0 Å². The highest BCUT2D eigenvalue weighted by atomic mass is 16.5. The first-order valence-corrected chi connectivity index (χ1v) is 8.14. The predicted octanol–water partition coefficient (Wildman–Crippen LogP) is 2.90. The molecule has 1 fully saturated rings. The van der Waals surface area contributed by atoms with Gasteiger partial charge in [-0.1, -0.05) is 33.1 Å². The molecule has 3 unspecified atom stereocenters. The summed E-state index contributed by atoms with van der Waals surface area (Å²) in [6.45, 7) is 5.82. The molecule has 20 heavy (non-hydrogen) atoms. The van der Waals surface area contributed by atoms with Crippen LogP contribution in [0.1, 0.15) is 58.8 Å². The number of hydrogen-bond acceptors (Lipinski definition) is 4. The van der Waals surface area contributed by atoms with Crippen molar-refractivity contribution in [2.75, 3.05) is 20.3 Å². The van der Waals surface area contributed by atoms with Crippen molar-refractivity contribution in [2.24, 2.45) is 5.92 Å². The van der Waals surface area contributed by atoms with Crippen LogP contribution in [0.25, 0.3) is 0 Å². The van der Waals surface area contributed by atoms with Gasteiger partial charge >= 0.3 is 5.97 Å². The van der Waals surface area contributed by atoms with Crippen molar-refractivity contribution < 1.29 is 14.3 Å². The summed E-state index contributed by atoms with van der Waals surface area (Å²) >= 11 is 0. The number of rotatable bonds is 9. The van der Waals surface area contributed by atoms with Crippen molar-refractivity contribution in [2.45, 2.75) is 70.9 Å². The maximum atomic E-state index is 11.7. The third-order valence-corrected chi connectivity index (χ3v) is 4.20. The highest BCUT2D eigenvalue weighted by Gasteiger charge is 2.23. The van der Waals surface area contributed by atoms with Crippen molar-refractivity contribution >= 4 is 5.97 Å². The Balaban J connectivity index is 2.26. The lowest BCUT2D eigenvalue weighted by Crippen LogP contribution is -2.39. The largest absolute Gasteiger partial charge is 0.468 e. The Morgan fingerprint density at radius 1 is 1.35 bits per heavy atom. The zero-order valence-corrected chi connectivity index (χ0v) is 13.3. The second-order valence-corrected chi connectivity index (χ2v) is 5.75. The van der Waals surface area contributed by atoms with Crippen LogP contribution in [0.2, 0.25) is 0 Å². The van der Waals surface area contributed by atoms with E-state index in [1.165, 1.54) is 39.2 Å². The van der Waals surface area contributed by atoms with E-state index in [9.17, 15) is 4.79 Å². The maximum absolute atomic E-state index is 11.7. The molecule has 1 rings (SSSR count). The highest BCUT2D eigenvalue weighted by Crippen LogP contribution is 2.28. The second kappa shape index (κ2) is 10.2. The fourth-order valence-electron chi connectivity index (χ4n) is 2.88. The monoisotopic (exact) mass is 285 g/mol. The summed E-state index contributed by atoms with van der Waals surface area (Å²) in [6, 6.07) is -0.231. The lowest BCUT2D eigenvalue weighted by atomic mass is 9.85. The zero-order chi connectivity index (χ0) is 14.8. The number of methoxy groups -OCH3 is 1. The van der Waals surface area contributed by atoms with E-state index in [-0.39, 0.29) is 12.0 Å². The molecule has 0 amide bonds. The topological polar surface area (TPSA) is 47.6 Å². The molecule has 1 saturated carbocycles. The summed E-state index contributed by atoms with van der Waals surface area (Å²) in [4.78, 5) is 11.7. The molecule has 1 aliphatic carbocycles. The van der Waals surface area contributed by atoms with Gasteiger partial charge in [-0.15, -0.1) is 0 Å². The number of carbonyl (C=O) groups excluding carboxylic acids is 1. The minimum absolute atomic E-state index is 0.183. The van der Waals surface area contributed by atoms with Crippen molar-refractivity contribution in [3.8, 4) is 0 Å². The second-order valence-electron chi connectivity index (χ2n) is 5.75. The maximum Gasteiger partial charge on any atom is 0.322 e. The van der Waals surface area contributed by atoms with Gasteiger partial charge in [0.2, 0.25) is 0 Å². The summed E-state index contributed by atoms with van der Waals surface area (Å²) in [5, 5.41) is 3.22. The minimum atomic E-state index is -0.231. The molecule has 4 heteroatoms. The molecule has 3 atom stereocenters. The van der Waals surface area contributed by atoms with E-state index >= 15 is 0 Å². The van der Waals surface area contributed by atoms with Crippen LogP contribution in [0.3, 0.4) is 0 Å². The Hall–Kier alpha value is -0.610. The molecule has 0 aromatic carbocycles. The molecule has 118 valence electrons. The van der Waals surface area contributed by atoms with Gasteiger partial charge in [0.05, 0.1) is 13.2 Å². The van der Waals surface area contributed by atoms with E-state index < -0.39 is 0 Å². The Morgan fingerprint density at radius 2 is 2.15 bits per heavy atom. The van der Waals surface area contributed by atoms with Crippen molar-refractivity contribution in [1.29, 1.82) is 0 Å². The van der Waals surface area contributed by atoms with E-state index in [0.29, 0.717) is 19.1 Å². The molecular formula is C16H31NO3. The van der Waals surface area contributed by atoms with Crippen LogP contribution >= 0.6 is 0 Å². The van der Waals surface area contributed by atoms with E-state index in [1.54, 1.807) is 0 Å². The third-order valence-electron chi connectivity index (χ3n) is 4.20. The number of hydrogen-bond donors (Lipinski definition) is 1. The molecule has 0 aromatic heterocycles. The molecule has 0 radical (unpaired) electrons. The molecule has 0 spiro atoms. The van der Waals surface area contributed by atoms with E-state index in [4.69, 9.17) is 9.47 Å². The molecule has 0 aromatic rings. The van der Waals surface area contributed by atoms with Gasteiger partial charge in [-0.3, -0.25) is 4.79 Å². The van der Waals surface area contributed by atoms with Crippen LogP contribution in [0.4, 0.5) is 0 Å². The van der Waals surface area contributed by atoms with E-state index in [1.807, 2.05) is 0 Å². The third kappa shape index (κ3) is 6.23. The van der Waals surface area contributed by atoms with Crippen molar-refractivity contribution in [1.82, 2.24) is 5.32 Å². The average molecular weight is 285 g/mol. The lowest BCUT2D eigenvalue weighted by molar-refractivity contribution is -0.143. The summed E-state index contributed by atoms with van der Waals surface area (Å²) in [5.41, 5.74) is 0. The number of esters is 1. The van der Waals surface area contributed by atoms with Gasteiger partial charge in [0.1, 0.15) is 6.04 Å². The molecule has 0 aliphatic heterocycles. The predicted molar refractivity (Wildman–Crippen MR) is 80.7 cm³/mol. The van der Waals surface area contributed by atoms with Gasteiger partial charge < -0.3 is 14.8 Å². The molecular weight excluding hydrogens is 254 g/mol. The van der Waals surface area contributed by atoms with Crippen molar-refractivity contribution in [3.05, 3.63) is 0 Å². The fourth-order valence-corrected chi connectivity index (χ4v) is 2.88. The number of ether oxygens (including phenoxy) is 2. The lowest BCUT2D eigenvalue weighted by Gasteiger charge is -2.29. The Kier molecular flexibility index (Phi) is 8.86. The summed E-state index contributed by atoms with van der Waals surface area (Å²) in [6.07, 6.45) is 8.32.